The van der Waals surface area contributed by atoms with E-state index in [4.69, 9.17) is 0 Å². The second-order valence-corrected chi connectivity index (χ2v) is 9.85. The summed E-state index contributed by atoms with van der Waals surface area (Å²) in [5, 5.41) is 5.99. The van der Waals surface area contributed by atoms with Crippen molar-refractivity contribution in [1.82, 2.24) is 10.2 Å². The van der Waals surface area contributed by atoms with Crippen molar-refractivity contribution in [1.29, 1.82) is 0 Å². The van der Waals surface area contributed by atoms with Crippen LogP contribution in [0, 0.1) is 0 Å². The maximum Gasteiger partial charge on any atom is 0.262 e. The monoisotopic (exact) mass is 463 g/mol. The van der Waals surface area contributed by atoms with E-state index in [1.165, 1.54) is 50.4 Å². The van der Waals surface area contributed by atoms with Crippen molar-refractivity contribution in [3.05, 3.63) is 64.6 Å². The van der Waals surface area contributed by atoms with Gasteiger partial charge >= 0.3 is 0 Å². The fourth-order valence-electron chi connectivity index (χ4n) is 4.60. The smallest absolute Gasteiger partial charge is 0.262 e. The summed E-state index contributed by atoms with van der Waals surface area (Å²) < 4.78 is 0. The van der Waals surface area contributed by atoms with Crippen LogP contribution in [0.1, 0.15) is 61.4 Å². The maximum atomic E-state index is 12.7. The summed E-state index contributed by atoms with van der Waals surface area (Å²) in [4.78, 5) is 29.4. The number of nitrogens with zero attached hydrogens (tertiary/aromatic N) is 1. The van der Waals surface area contributed by atoms with Crippen LogP contribution in [0.2, 0.25) is 0 Å². The number of benzene rings is 2. The molecule has 6 heteroatoms. The van der Waals surface area contributed by atoms with Gasteiger partial charge in [-0.2, -0.15) is 0 Å². The molecule has 1 fully saturated rings. The molecule has 5 nitrogen and oxygen atoms in total. The summed E-state index contributed by atoms with van der Waals surface area (Å²) >= 11 is 1.43. The van der Waals surface area contributed by atoms with Crippen molar-refractivity contribution in [2.75, 3.05) is 25.0 Å². The van der Waals surface area contributed by atoms with Gasteiger partial charge in [0.25, 0.3) is 11.8 Å². The molecular formula is C27H33N3O2S. The number of fused-ring (bicyclic) bond motifs is 1. The van der Waals surface area contributed by atoms with Gasteiger partial charge in [-0.3, -0.25) is 9.59 Å². The Morgan fingerprint density at radius 3 is 2.88 bits per heavy atom. The van der Waals surface area contributed by atoms with Crippen LogP contribution in [0.3, 0.4) is 0 Å². The minimum absolute atomic E-state index is 0.0913. The highest BCUT2D eigenvalue weighted by Crippen LogP contribution is 2.39. The molecule has 2 amide bonds. The number of carbonyl (C=O) groups excluding carboxylic acids is 2. The average Bonchev–Trinajstić information content (AvgIpc) is 2.83. The first-order valence-electron chi connectivity index (χ1n) is 12.1. The number of amides is 2. The van der Waals surface area contributed by atoms with Crippen molar-refractivity contribution < 1.29 is 9.59 Å². The molecule has 0 aliphatic carbocycles. The van der Waals surface area contributed by atoms with Crippen LogP contribution >= 0.6 is 11.8 Å². The SMILES string of the molecule is CCCC1CCCCN1CCCNC(=O)c1ccc2c(c1)NC(=O)/C(=C/c1ccccc1)S2. The molecule has 4 rings (SSSR count). The van der Waals surface area contributed by atoms with Crippen LogP contribution in [0.25, 0.3) is 6.08 Å². The number of anilines is 1. The van der Waals surface area contributed by atoms with Crippen LogP contribution in [0.5, 0.6) is 0 Å². The van der Waals surface area contributed by atoms with Crippen molar-refractivity contribution in [3.63, 3.8) is 0 Å². The highest BCUT2D eigenvalue weighted by Gasteiger charge is 2.23. The lowest BCUT2D eigenvalue weighted by molar-refractivity contribution is -0.112. The first kappa shape index (κ1) is 23.6. The lowest BCUT2D eigenvalue weighted by Gasteiger charge is -2.35. The number of hydrogen-bond donors (Lipinski definition) is 2. The predicted molar refractivity (Wildman–Crippen MR) is 136 cm³/mol. The fourth-order valence-corrected chi connectivity index (χ4v) is 5.53. The van der Waals surface area contributed by atoms with Gasteiger partial charge < -0.3 is 15.5 Å². The number of likely N-dealkylation sites (tertiary alicyclic amines) is 1. The normalized spacial score (nSPS) is 19.7. The lowest BCUT2D eigenvalue weighted by atomic mass is 9.98. The Morgan fingerprint density at radius 1 is 1.21 bits per heavy atom. The Bertz CT molecular complexity index is 1000. The molecule has 2 aromatic rings. The molecular weight excluding hydrogens is 430 g/mol. The number of rotatable bonds is 8. The maximum absolute atomic E-state index is 12.7. The number of nitrogens with one attached hydrogen (secondary N) is 2. The zero-order chi connectivity index (χ0) is 23.0. The first-order valence-corrected chi connectivity index (χ1v) is 12.9. The molecule has 0 spiro atoms. The molecule has 0 radical (unpaired) electrons. The number of thioether (sulfide) groups is 1. The molecule has 1 atom stereocenters. The van der Waals surface area contributed by atoms with E-state index in [9.17, 15) is 9.59 Å². The van der Waals surface area contributed by atoms with Crippen LogP contribution in [0.15, 0.2) is 58.3 Å². The third kappa shape index (κ3) is 6.27. The average molecular weight is 464 g/mol. The molecule has 33 heavy (non-hydrogen) atoms. The van der Waals surface area contributed by atoms with Crippen LogP contribution in [0.4, 0.5) is 5.69 Å². The van der Waals surface area contributed by atoms with E-state index >= 15 is 0 Å². The molecule has 2 N–H and O–H groups in total. The molecule has 0 saturated carbocycles. The van der Waals surface area contributed by atoms with Gasteiger partial charge in [0.05, 0.1) is 10.6 Å². The quantitative estimate of drug-likeness (QED) is 0.398. The summed E-state index contributed by atoms with van der Waals surface area (Å²) in [6.45, 7) is 5.14. The number of carbonyl (C=O) groups is 2. The fraction of sp³-hybridized carbons (Fsp3) is 0.407. The summed E-state index contributed by atoms with van der Waals surface area (Å²) in [6.07, 6.45) is 9.28. The highest BCUT2D eigenvalue weighted by atomic mass is 32.2. The Labute approximate surface area is 201 Å². The van der Waals surface area contributed by atoms with Gasteiger partial charge in [-0.05, 0) is 62.1 Å². The highest BCUT2D eigenvalue weighted by molar-refractivity contribution is 8.04. The molecule has 0 aromatic heterocycles. The Hall–Kier alpha value is -2.57. The van der Waals surface area contributed by atoms with Gasteiger partial charge in [-0.25, -0.2) is 0 Å². The molecule has 1 unspecified atom stereocenters. The van der Waals surface area contributed by atoms with Gasteiger partial charge in [0.15, 0.2) is 0 Å². The molecule has 174 valence electrons. The zero-order valence-corrected chi connectivity index (χ0v) is 20.1. The van der Waals surface area contributed by atoms with Crippen molar-refractivity contribution >= 4 is 35.3 Å². The van der Waals surface area contributed by atoms with Crippen molar-refractivity contribution in [2.45, 2.75) is 56.4 Å². The molecule has 2 heterocycles. The van der Waals surface area contributed by atoms with Crippen molar-refractivity contribution in [3.8, 4) is 0 Å². The third-order valence-electron chi connectivity index (χ3n) is 6.31. The van der Waals surface area contributed by atoms with E-state index in [1.54, 1.807) is 6.07 Å². The van der Waals surface area contributed by atoms with E-state index in [2.05, 4.69) is 22.5 Å². The Morgan fingerprint density at radius 2 is 2.06 bits per heavy atom. The summed E-state index contributed by atoms with van der Waals surface area (Å²) in [5.41, 5.74) is 2.26. The number of hydrogen-bond acceptors (Lipinski definition) is 4. The van der Waals surface area contributed by atoms with E-state index in [0.29, 0.717) is 28.7 Å². The van der Waals surface area contributed by atoms with Gasteiger partial charge in [0.2, 0.25) is 0 Å². The third-order valence-corrected chi connectivity index (χ3v) is 7.41. The summed E-state index contributed by atoms with van der Waals surface area (Å²) in [5.74, 6) is -0.233. The van der Waals surface area contributed by atoms with Gasteiger partial charge in [-0.1, -0.05) is 61.9 Å². The molecule has 2 aliphatic heterocycles. The first-order chi connectivity index (χ1) is 16.1. The molecule has 2 aromatic carbocycles. The minimum atomic E-state index is -0.142. The van der Waals surface area contributed by atoms with Crippen LogP contribution in [-0.4, -0.2) is 42.4 Å². The second kappa shape index (κ2) is 11.5. The van der Waals surface area contributed by atoms with Crippen LogP contribution in [-0.2, 0) is 4.79 Å². The lowest BCUT2D eigenvalue weighted by Crippen LogP contribution is -2.41. The van der Waals surface area contributed by atoms with E-state index in [0.717, 1.165) is 23.4 Å². The summed E-state index contributed by atoms with van der Waals surface area (Å²) in [6, 6.07) is 16.0. The van der Waals surface area contributed by atoms with Crippen LogP contribution < -0.4 is 10.6 Å². The summed E-state index contributed by atoms with van der Waals surface area (Å²) in [7, 11) is 0. The minimum Gasteiger partial charge on any atom is -0.352 e. The van der Waals surface area contributed by atoms with E-state index < -0.39 is 0 Å². The predicted octanol–water partition coefficient (Wildman–Crippen LogP) is 5.55. The Kier molecular flexibility index (Phi) is 8.24. The largest absolute Gasteiger partial charge is 0.352 e. The van der Waals surface area contributed by atoms with Crippen molar-refractivity contribution in [2.24, 2.45) is 0 Å². The molecule has 0 bridgehead atoms. The van der Waals surface area contributed by atoms with Gasteiger partial charge in [0, 0.05) is 29.6 Å². The van der Waals surface area contributed by atoms with Gasteiger partial charge in [-0.15, -0.1) is 0 Å². The van der Waals surface area contributed by atoms with E-state index in [1.807, 2.05) is 48.5 Å². The molecule has 1 saturated heterocycles. The number of piperidine rings is 1. The zero-order valence-electron chi connectivity index (χ0n) is 19.3. The Balaban J connectivity index is 1.31. The standard InChI is InChI=1S/C27H33N3O2S/c1-2-9-22-12-6-7-16-30(22)17-8-15-28-26(31)21-13-14-24-23(19-21)29-27(32)25(33-24)18-20-10-4-3-5-11-20/h3-5,10-11,13-14,18-19,22H,2,6-9,12,15-17H2,1H3,(H,28,31)(H,29,32)/b25-18-. The molecule has 2 aliphatic rings. The topological polar surface area (TPSA) is 61.4 Å². The van der Waals surface area contributed by atoms with E-state index in [-0.39, 0.29) is 11.8 Å². The van der Waals surface area contributed by atoms with Gasteiger partial charge in [0.1, 0.15) is 0 Å². The second-order valence-electron chi connectivity index (χ2n) is 8.77.